The topological polar surface area (TPSA) is 9.23 Å². The number of hydrogen-bond donors (Lipinski definition) is 0. The van der Waals surface area contributed by atoms with Crippen molar-refractivity contribution in [3.05, 3.63) is 29.3 Å². The Hall–Kier alpha value is 0.511. The Morgan fingerprint density at radius 3 is 2.50 bits per heavy atom. The monoisotopic (exact) mass is 254 g/mol. The second-order valence-corrected chi connectivity index (χ2v) is 3.81. The number of rotatable bonds is 3. The van der Waals surface area contributed by atoms with Gasteiger partial charge in [0.05, 0.1) is 6.51 Å². The van der Waals surface area contributed by atoms with Gasteiger partial charge in [0.25, 0.3) is 0 Å². The first kappa shape index (κ1) is 14.6. The van der Waals surface area contributed by atoms with E-state index in [0.29, 0.717) is 5.75 Å². The number of hydrogen-bond acceptors (Lipinski definition) is 1. The summed E-state index contributed by atoms with van der Waals surface area (Å²) in [6.45, 7) is -6.01. The van der Waals surface area contributed by atoms with E-state index < -0.39 is 13.5 Å². The van der Waals surface area contributed by atoms with E-state index >= 15 is 0 Å². The standard InChI is InChI=1S/C10H11BF3O.K/c12-11(13,14)7-15-10-5-4-8-2-1-3-9(8)6-10;/h4-6H,1-3,7H2;/q-1;+1. The maximum atomic E-state index is 12.0. The van der Waals surface area contributed by atoms with Crippen molar-refractivity contribution in [1.29, 1.82) is 0 Å². The van der Waals surface area contributed by atoms with Gasteiger partial charge < -0.3 is 17.7 Å². The molecule has 16 heavy (non-hydrogen) atoms. The molecule has 0 saturated heterocycles. The molecule has 1 nitrogen and oxygen atoms in total. The van der Waals surface area contributed by atoms with Crippen LogP contribution in [0.4, 0.5) is 12.9 Å². The summed E-state index contributed by atoms with van der Waals surface area (Å²) in [4.78, 5) is 0. The van der Waals surface area contributed by atoms with Crippen molar-refractivity contribution in [3.63, 3.8) is 0 Å². The summed E-state index contributed by atoms with van der Waals surface area (Å²) in [7, 11) is 0. The molecule has 0 fully saturated rings. The van der Waals surface area contributed by atoms with Crippen LogP contribution in [0.5, 0.6) is 5.75 Å². The van der Waals surface area contributed by atoms with Gasteiger partial charge in [0.15, 0.2) is 0 Å². The first-order chi connectivity index (χ1) is 7.04. The minimum Gasteiger partial charge on any atom is -0.522 e. The smallest absolute Gasteiger partial charge is 0.522 e. The Morgan fingerprint density at radius 2 is 1.81 bits per heavy atom. The largest absolute Gasteiger partial charge is 1.00 e. The van der Waals surface area contributed by atoms with Crippen LogP contribution in [0.2, 0.25) is 0 Å². The van der Waals surface area contributed by atoms with Gasteiger partial charge >= 0.3 is 58.4 Å². The fraction of sp³-hybridized carbons (Fsp3) is 0.400. The summed E-state index contributed by atoms with van der Waals surface area (Å²) in [5.74, 6) is 0.329. The zero-order valence-electron chi connectivity index (χ0n) is 9.18. The SMILES string of the molecule is F[B-](F)(F)COc1ccc2c(c1)CCC2.[K+]. The van der Waals surface area contributed by atoms with Crippen molar-refractivity contribution in [2.24, 2.45) is 0 Å². The molecule has 1 aliphatic carbocycles. The summed E-state index contributed by atoms with van der Waals surface area (Å²) in [6, 6.07) is 5.21. The molecule has 0 N–H and O–H groups in total. The third-order valence-corrected chi connectivity index (χ3v) is 2.51. The molecule has 0 radical (unpaired) electrons. The molecule has 0 aliphatic heterocycles. The molecule has 0 aromatic heterocycles. The average molecular weight is 254 g/mol. The summed E-state index contributed by atoms with van der Waals surface area (Å²) < 4.78 is 40.6. The Bertz CT molecular complexity index is 368. The minimum atomic E-state index is -4.86. The van der Waals surface area contributed by atoms with Gasteiger partial charge in [-0.05, 0) is 42.5 Å². The Labute approximate surface area is 135 Å². The van der Waals surface area contributed by atoms with E-state index in [4.69, 9.17) is 4.74 Å². The number of fused-ring (bicyclic) bond motifs is 1. The Kier molecular flexibility index (Phi) is 5.38. The van der Waals surface area contributed by atoms with Crippen LogP contribution in [0.3, 0.4) is 0 Å². The zero-order valence-corrected chi connectivity index (χ0v) is 12.3. The summed E-state index contributed by atoms with van der Waals surface area (Å²) in [5.41, 5.74) is 2.36. The van der Waals surface area contributed by atoms with Crippen molar-refractivity contribution in [1.82, 2.24) is 0 Å². The van der Waals surface area contributed by atoms with Crippen LogP contribution in [0.15, 0.2) is 18.2 Å². The molecule has 6 heteroatoms. The van der Waals surface area contributed by atoms with Gasteiger partial charge in [-0.2, -0.15) is 0 Å². The van der Waals surface area contributed by atoms with Gasteiger partial charge in [0.2, 0.25) is 0 Å². The number of aryl methyl sites for hydroxylation is 2. The third kappa shape index (κ3) is 4.07. The molecule has 0 bridgehead atoms. The zero-order chi connectivity index (χ0) is 10.9. The fourth-order valence-corrected chi connectivity index (χ4v) is 1.83. The van der Waals surface area contributed by atoms with Crippen molar-refractivity contribution in [2.75, 3.05) is 6.51 Å². The molecule has 1 aliphatic rings. The van der Waals surface area contributed by atoms with Crippen LogP contribution >= 0.6 is 0 Å². The summed E-state index contributed by atoms with van der Waals surface area (Å²) in [5, 5.41) is 0. The maximum Gasteiger partial charge on any atom is 1.00 e. The molecule has 0 unspecified atom stereocenters. The van der Waals surface area contributed by atoms with E-state index in [1.807, 2.05) is 6.07 Å². The van der Waals surface area contributed by atoms with Gasteiger partial charge in [0.1, 0.15) is 5.75 Å². The van der Waals surface area contributed by atoms with Gasteiger partial charge in [-0.15, -0.1) is 0 Å². The molecule has 1 aromatic rings. The Balaban J connectivity index is 0.00000128. The van der Waals surface area contributed by atoms with E-state index in [9.17, 15) is 12.9 Å². The van der Waals surface area contributed by atoms with Crippen LogP contribution in [0.1, 0.15) is 17.5 Å². The molecule has 0 heterocycles. The van der Waals surface area contributed by atoms with Crippen LogP contribution in [-0.2, 0) is 12.8 Å². The number of benzene rings is 1. The second-order valence-electron chi connectivity index (χ2n) is 3.81. The van der Waals surface area contributed by atoms with Crippen molar-refractivity contribution in [2.45, 2.75) is 19.3 Å². The van der Waals surface area contributed by atoms with E-state index in [-0.39, 0.29) is 51.4 Å². The molecular formula is C10H11BF3KO. The molecule has 1 aromatic carbocycles. The van der Waals surface area contributed by atoms with Gasteiger partial charge in [-0.3, -0.25) is 0 Å². The quantitative estimate of drug-likeness (QED) is 0.687. The van der Waals surface area contributed by atoms with Gasteiger partial charge in [-0.25, -0.2) is 0 Å². The maximum absolute atomic E-state index is 12.0. The number of halogens is 3. The third-order valence-electron chi connectivity index (χ3n) is 2.51. The minimum absolute atomic E-state index is 0. The molecule has 82 valence electrons. The summed E-state index contributed by atoms with van der Waals surface area (Å²) in [6.07, 6.45) is 3.06. The fourth-order valence-electron chi connectivity index (χ4n) is 1.83. The first-order valence-corrected chi connectivity index (χ1v) is 5.00. The summed E-state index contributed by atoms with van der Waals surface area (Å²) >= 11 is 0. The van der Waals surface area contributed by atoms with Crippen molar-refractivity contribution in [3.8, 4) is 5.75 Å². The molecule has 0 saturated carbocycles. The first-order valence-electron chi connectivity index (χ1n) is 5.00. The molecular weight excluding hydrogens is 243 g/mol. The average Bonchev–Trinajstić information content (AvgIpc) is 2.60. The van der Waals surface area contributed by atoms with Crippen LogP contribution < -0.4 is 56.1 Å². The van der Waals surface area contributed by atoms with Crippen molar-refractivity contribution >= 4 is 6.98 Å². The van der Waals surface area contributed by atoms with Crippen molar-refractivity contribution < 1.29 is 69.1 Å². The molecule has 0 amide bonds. The predicted octanol–water partition coefficient (Wildman–Crippen LogP) is -0.0553. The van der Waals surface area contributed by atoms with Crippen LogP contribution in [0.25, 0.3) is 0 Å². The predicted molar refractivity (Wildman–Crippen MR) is 53.0 cm³/mol. The van der Waals surface area contributed by atoms with Gasteiger partial charge in [-0.1, -0.05) is 6.07 Å². The molecule has 0 atom stereocenters. The van der Waals surface area contributed by atoms with Crippen LogP contribution in [0, 0.1) is 0 Å². The normalized spacial score (nSPS) is 14.2. The van der Waals surface area contributed by atoms with E-state index in [0.717, 1.165) is 24.8 Å². The number of ether oxygens (including phenoxy) is 1. The molecule has 0 spiro atoms. The van der Waals surface area contributed by atoms with E-state index in [1.165, 1.54) is 5.56 Å². The van der Waals surface area contributed by atoms with Gasteiger partial charge in [0, 0.05) is 0 Å². The van der Waals surface area contributed by atoms with E-state index in [2.05, 4.69) is 0 Å². The Morgan fingerprint density at radius 1 is 1.12 bits per heavy atom. The van der Waals surface area contributed by atoms with E-state index in [1.54, 1.807) is 12.1 Å². The van der Waals surface area contributed by atoms with Crippen LogP contribution in [-0.4, -0.2) is 13.5 Å². The molecule has 2 rings (SSSR count). The second kappa shape index (κ2) is 5.91.